The van der Waals surface area contributed by atoms with Crippen molar-refractivity contribution in [3.8, 4) is 0 Å². The van der Waals surface area contributed by atoms with E-state index in [-0.39, 0.29) is 11.9 Å². The van der Waals surface area contributed by atoms with Crippen LogP contribution in [0.5, 0.6) is 0 Å². The van der Waals surface area contributed by atoms with Gasteiger partial charge in [0.2, 0.25) is 0 Å². The predicted octanol–water partition coefficient (Wildman–Crippen LogP) is 2.39. The molecule has 15 heavy (non-hydrogen) atoms. The maximum atomic E-state index is 8.43. The molecule has 1 atom stereocenters. The number of hydrogen-bond acceptors (Lipinski definition) is 3. The van der Waals surface area contributed by atoms with Gasteiger partial charge in [-0.2, -0.15) is 0 Å². The van der Waals surface area contributed by atoms with E-state index in [1.54, 1.807) is 0 Å². The Morgan fingerprint density at radius 2 is 2.27 bits per heavy atom. The third-order valence-electron chi connectivity index (χ3n) is 1.92. The van der Waals surface area contributed by atoms with Gasteiger partial charge < -0.3 is 16.3 Å². The van der Waals surface area contributed by atoms with Crippen LogP contribution in [0.2, 0.25) is 0 Å². The van der Waals surface area contributed by atoms with Gasteiger partial charge in [-0.25, -0.2) is 0 Å². The summed E-state index contributed by atoms with van der Waals surface area (Å²) in [5.74, 6) is 0.224. The van der Waals surface area contributed by atoms with Gasteiger partial charge in [0.05, 0.1) is 0 Å². The molecule has 0 radical (unpaired) electrons. The Morgan fingerprint density at radius 3 is 2.87 bits per heavy atom. The predicted molar refractivity (Wildman–Crippen MR) is 65.3 cm³/mol. The van der Waals surface area contributed by atoms with Crippen LogP contribution < -0.4 is 11.1 Å². The van der Waals surface area contributed by atoms with E-state index < -0.39 is 0 Å². The molecule has 0 aromatic heterocycles. The number of halogens is 1. The Balaban J connectivity index is 2.59. The maximum absolute atomic E-state index is 8.43. The van der Waals surface area contributed by atoms with Gasteiger partial charge in [-0.15, -0.1) is 0 Å². The zero-order chi connectivity index (χ0) is 11.3. The summed E-state index contributed by atoms with van der Waals surface area (Å²) < 4.78 is 0.997. The normalized spacial score (nSPS) is 13.6. The van der Waals surface area contributed by atoms with Crippen LogP contribution in [0.3, 0.4) is 0 Å². The van der Waals surface area contributed by atoms with Crippen molar-refractivity contribution in [3.63, 3.8) is 0 Å². The second-order valence-corrected chi connectivity index (χ2v) is 4.18. The first-order valence-electron chi connectivity index (χ1n) is 4.61. The lowest BCUT2D eigenvalue weighted by molar-refractivity contribution is 0.316. The molecule has 0 saturated heterocycles. The van der Waals surface area contributed by atoms with Crippen LogP contribution in [0, 0.1) is 0 Å². The third-order valence-corrected chi connectivity index (χ3v) is 2.61. The fourth-order valence-corrected chi connectivity index (χ4v) is 1.65. The number of nitrogens with one attached hydrogen (secondary N) is 1. The molecule has 82 valence electrons. The van der Waals surface area contributed by atoms with E-state index in [1.165, 1.54) is 0 Å². The minimum atomic E-state index is 0.111. The van der Waals surface area contributed by atoms with Crippen molar-refractivity contribution in [1.82, 2.24) is 0 Å². The van der Waals surface area contributed by atoms with E-state index in [1.807, 2.05) is 31.2 Å². The van der Waals surface area contributed by atoms with Crippen LogP contribution in [0.15, 0.2) is 33.9 Å². The van der Waals surface area contributed by atoms with Crippen LogP contribution >= 0.6 is 15.9 Å². The van der Waals surface area contributed by atoms with Crippen molar-refractivity contribution in [2.75, 3.05) is 5.32 Å². The molecule has 0 bridgehead atoms. The Bertz CT molecular complexity index is 354. The average Bonchev–Trinajstić information content (AvgIpc) is 2.21. The van der Waals surface area contributed by atoms with Crippen LogP contribution in [0.4, 0.5) is 5.69 Å². The SMILES string of the molecule is CC(CC(N)=NO)Nc1ccccc1Br. The quantitative estimate of drug-likeness (QED) is 0.341. The molecule has 0 aliphatic carbocycles. The minimum absolute atomic E-state index is 0.111. The molecule has 0 aliphatic heterocycles. The Kier molecular flexibility index (Phi) is 4.42. The van der Waals surface area contributed by atoms with Crippen LogP contribution in [0.1, 0.15) is 13.3 Å². The standard InChI is InChI=1S/C10H14BrN3O/c1-7(6-10(12)14-15)13-9-5-3-2-4-8(9)11/h2-5,7,13,15H,6H2,1H3,(H2,12,14). The molecular formula is C10H14BrN3O. The lowest BCUT2D eigenvalue weighted by Crippen LogP contribution is -2.24. The van der Waals surface area contributed by atoms with Gasteiger partial charge in [0.15, 0.2) is 0 Å². The molecule has 1 unspecified atom stereocenters. The number of hydrogen-bond donors (Lipinski definition) is 3. The highest BCUT2D eigenvalue weighted by atomic mass is 79.9. The van der Waals surface area contributed by atoms with E-state index in [2.05, 4.69) is 26.4 Å². The summed E-state index contributed by atoms with van der Waals surface area (Å²) in [7, 11) is 0. The molecular weight excluding hydrogens is 258 g/mol. The van der Waals surface area contributed by atoms with E-state index >= 15 is 0 Å². The fourth-order valence-electron chi connectivity index (χ4n) is 1.25. The first-order valence-corrected chi connectivity index (χ1v) is 5.40. The zero-order valence-electron chi connectivity index (χ0n) is 8.44. The second kappa shape index (κ2) is 5.60. The number of amidine groups is 1. The van der Waals surface area contributed by atoms with Crippen molar-refractivity contribution < 1.29 is 5.21 Å². The topological polar surface area (TPSA) is 70.6 Å². The van der Waals surface area contributed by atoms with E-state index in [4.69, 9.17) is 10.9 Å². The van der Waals surface area contributed by atoms with Gasteiger partial charge in [0.1, 0.15) is 5.84 Å². The molecule has 0 spiro atoms. The molecule has 0 amide bonds. The van der Waals surface area contributed by atoms with Crippen molar-refractivity contribution in [3.05, 3.63) is 28.7 Å². The van der Waals surface area contributed by atoms with E-state index in [9.17, 15) is 0 Å². The highest BCUT2D eigenvalue weighted by molar-refractivity contribution is 9.10. The number of nitrogens with two attached hydrogens (primary N) is 1. The Labute approximate surface area is 97.3 Å². The smallest absolute Gasteiger partial charge is 0.141 e. The molecule has 0 fully saturated rings. The largest absolute Gasteiger partial charge is 0.409 e. The molecule has 1 rings (SSSR count). The minimum Gasteiger partial charge on any atom is -0.409 e. The van der Waals surface area contributed by atoms with Gasteiger partial charge in [-0.05, 0) is 35.0 Å². The lowest BCUT2D eigenvalue weighted by Gasteiger charge is -2.15. The number of para-hydroxylation sites is 1. The summed E-state index contributed by atoms with van der Waals surface area (Å²) >= 11 is 3.43. The van der Waals surface area contributed by atoms with Gasteiger partial charge in [-0.3, -0.25) is 0 Å². The van der Waals surface area contributed by atoms with Crippen molar-refractivity contribution in [2.24, 2.45) is 10.9 Å². The van der Waals surface area contributed by atoms with E-state index in [0.717, 1.165) is 10.2 Å². The van der Waals surface area contributed by atoms with Gasteiger partial charge in [0, 0.05) is 22.6 Å². The highest BCUT2D eigenvalue weighted by Crippen LogP contribution is 2.22. The van der Waals surface area contributed by atoms with Gasteiger partial charge >= 0.3 is 0 Å². The molecule has 1 aromatic carbocycles. The summed E-state index contributed by atoms with van der Waals surface area (Å²) in [6.07, 6.45) is 0.498. The fraction of sp³-hybridized carbons (Fsp3) is 0.300. The Hall–Kier alpha value is -1.23. The average molecular weight is 272 g/mol. The molecule has 5 heteroatoms. The highest BCUT2D eigenvalue weighted by Gasteiger charge is 2.06. The van der Waals surface area contributed by atoms with Crippen molar-refractivity contribution in [2.45, 2.75) is 19.4 Å². The van der Waals surface area contributed by atoms with Crippen LogP contribution in [-0.2, 0) is 0 Å². The van der Waals surface area contributed by atoms with Crippen molar-refractivity contribution >= 4 is 27.5 Å². The summed E-state index contributed by atoms with van der Waals surface area (Å²) in [5, 5.41) is 14.6. The molecule has 0 heterocycles. The van der Waals surface area contributed by atoms with Crippen LogP contribution in [0.25, 0.3) is 0 Å². The van der Waals surface area contributed by atoms with Gasteiger partial charge in [0.25, 0.3) is 0 Å². The molecule has 4 nitrogen and oxygen atoms in total. The third kappa shape index (κ3) is 3.79. The first-order chi connectivity index (χ1) is 7.13. The first kappa shape index (κ1) is 11.8. The zero-order valence-corrected chi connectivity index (χ0v) is 10.0. The number of anilines is 1. The maximum Gasteiger partial charge on any atom is 0.141 e. The number of nitrogens with zero attached hydrogens (tertiary/aromatic N) is 1. The molecule has 4 N–H and O–H groups in total. The molecule has 1 aromatic rings. The van der Waals surface area contributed by atoms with Crippen molar-refractivity contribution in [1.29, 1.82) is 0 Å². The monoisotopic (exact) mass is 271 g/mol. The lowest BCUT2D eigenvalue weighted by atomic mass is 10.2. The van der Waals surface area contributed by atoms with Crippen LogP contribution in [-0.4, -0.2) is 17.1 Å². The number of oxime groups is 1. The Morgan fingerprint density at radius 1 is 1.60 bits per heavy atom. The second-order valence-electron chi connectivity index (χ2n) is 3.32. The number of benzene rings is 1. The molecule has 0 aliphatic rings. The summed E-state index contributed by atoms with van der Waals surface area (Å²) in [4.78, 5) is 0. The summed E-state index contributed by atoms with van der Waals surface area (Å²) in [6, 6.07) is 7.93. The van der Waals surface area contributed by atoms with Gasteiger partial charge in [-0.1, -0.05) is 17.3 Å². The van der Waals surface area contributed by atoms with E-state index in [0.29, 0.717) is 6.42 Å². The summed E-state index contributed by atoms with van der Waals surface area (Å²) in [6.45, 7) is 1.97. The molecule has 0 saturated carbocycles. The summed E-state index contributed by atoms with van der Waals surface area (Å²) in [5.41, 5.74) is 6.41. The number of rotatable bonds is 4.